The highest BCUT2D eigenvalue weighted by atomic mass is 19.4. The van der Waals surface area contributed by atoms with Crippen LogP contribution in [0, 0.1) is 12.7 Å². The van der Waals surface area contributed by atoms with Crippen molar-refractivity contribution in [3.8, 4) is 0 Å². The molecule has 0 aromatic heterocycles. The average Bonchev–Trinajstić information content (AvgIpc) is 2.17. The number of halogens is 4. The number of alkyl halides is 3. The van der Waals surface area contributed by atoms with E-state index in [0.29, 0.717) is 0 Å². The van der Waals surface area contributed by atoms with Crippen molar-refractivity contribution >= 4 is 5.97 Å². The maximum atomic E-state index is 12.9. The molecule has 0 bridgehead atoms. The lowest BCUT2D eigenvalue weighted by Gasteiger charge is -2.19. The minimum absolute atomic E-state index is 0.0575. The predicted octanol–water partition coefficient (Wildman–Crippen LogP) is 3.25. The molecule has 2 nitrogen and oxygen atoms in total. The molecule has 0 aliphatic heterocycles. The average molecular weight is 250 g/mol. The van der Waals surface area contributed by atoms with Crippen LogP contribution in [0.3, 0.4) is 0 Å². The molecule has 1 rings (SSSR count). The second kappa shape index (κ2) is 4.73. The number of carboxylic acid groups (broad SMARTS) is 1. The van der Waals surface area contributed by atoms with Gasteiger partial charge in [0.25, 0.3) is 0 Å². The van der Waals surface area contributed by atoms with Gasteiger partial charge in [0, 0.05) is 0 Å². The van der Waals surface area contributed by atoms with Gasteiger partial charge in [0.1, 0.15) is 5.82 Å². The Morgan fingerprint density at radius 1 is 1.41 bits per heavy atom. The van der Waals surface area contributed by atoms with Crippen molar-refractivity contribution in [3.05, 3.63) is 35.1 Å². The number of aryl methyl sites for hydroxylation is 1. The Kier molecular flexibility index (Phi) is 3.75. The smallest absolute Gasteiger partial charge is 0.396 e. The predicted molar refractivity (Wildman–Crippen MR) is 52.2 cm³/mol. The van der Waals surface area contributed by atoms with Crippen LogP contribution in [0.2, 0.25) is 0 Å². The number of aliphatic carboxylic acids is 1. The van der Waals surface area contributed by atoms with Crippen molar-refractivity contribution in [1.29, 1.82) is 0 Å². The van der Waals surface area contributed by atoms with Crippen molar-refractivity contribution in [2.45, 2.75) is 25.4 Å². The summed E-state index contributed by atoms with van der Waals surface area (Å²) in [4.78, 5) is 10.4. The van der Waals surface area contributed by atoms with Gasteiger partial charge in [-0.25, -0.2) is 4.39 Å². The van der Waals surface area contributed by atoms with E-state index in [4.69, 9.17) is 5.11 Å². The van der Waals surface area contributed by atoms with Gasteiger partial charge in [-0.1, -0.05) is 12.1 Å². The quantitative estimate of drug-likeness (QED) is 0.836. The number of carboxylic acids is 1. The molecule has 1 atom stereocenters. The summed E-state index contributed by atoms with van der Waals surface area (Å²) in [5, 5.41) is 8.46. The molecular formula is C11H10F4O2. The maximum Gasteiger partial charge on any atom is 0.396 e. The van der Waals surface area contributed by atoms with Crippen LogP contribution in [0.1, 0.15) is 23.5 Å². The van der Waals surface area contributed by atoms with Gasteiger partial charge in [0.15, 0.2) is 0 Å². The van der Waals surface area contributed by atoms with E-state index in [1.54, 1.807) is 0 Å². The highest BCUT2D eigenvalue weighted by molar-refractivity contribution is 5.68. The van der Waals surface area contributed by atoms with Crippen LogP contribution in [0.15, 0.2) is 18.2 Å². The van der Waals surface area contributed by atoms with E-state index in [0.717, 1.165) is 18.2 Å². The van der Waals surface area contributed by atoms with E-state index >= 15 is 0 Å². The summed E-state index contributed by atoms with van der Waals surface area (Å²) in [6.45, 7) is 1.33. The molecule has 0 radical (unpaired) electrons. The lowest BCUT2D eigenvalue weighted by atomic mass is 9.94. The first-order valence-corrected chi connectivity index (χ1v) is 4.76. The molecule has 0 aliphatic carbocycles. The molecule has 0 heterocycles. The Morgan fingerprint density at radius 3 is 2.41 bits per heavy atom. The Morgan fingerprint density at radius 2 is 2.00 bits per heavy atom. The Balaban J connectivity index is 3.13. The summed E-state index contributed by atoms with van der Waals surface area (Å²) < 4.78 is 50.8. The lowest BCUT2D eigenvalue weighted by molar-refractivity contribution is -0.163. The summed E-state index contributed by atoms with van der Waals surface area (Å²) in [7, 11) is 0. The molecule has 1 N–H and O–H groups in total. The van der Waals surface area contributed by atoms with E-state index < -0.39 is 30.3 Å². The molecule has 0 fully saturated rings. The summed E-state index contributed by atoms with van der Waals surface area (Å²) in [6, 6.07) is 2.89. The SMILES string of the molecule is Cc1cc(C(CC(=O)O)C(F)(F)F)ccc1F. The highest BCUT2D eigenvalue weighted by Crippen LogP contribution is 2.37. The van der Waals surface area contributed by atoms with Gasteiger partial charge in [0.2, 0.25) is 0 Å². The maximum absolute atomic E-state index is 12.9. The molecule has 6 heteroatoms. The summed E-state index contributed by atoms with van der Waals surface area (Å²) in [6.07, 6.45) is -5.72. The van der Waals surface area contributed by atoms with Crippen LogP contribution in [0.25, 0.3) is 0 Å². The lowest BCUT2D eigenvalue weighted by Crippen LogP contribution is -2.23. The zero-order valence-corrected chi connectivity index (χ0v) is 8.88. The van der Waals surface area contributed by atoms with Crippen molar-refractivity contribution in [1.82, 2.24) is 0 Å². The second-order valence-electron chi connectivity index (χ2n) is 3.70. The number of hydrogen-bond donors (Lipinski definition) is 1. The third-order valence-corrected chi connectivity index (χ3v) is 2.36. The Hall–Kier alpha value is -1.59. The van der Waals surface area contributed by atoms with Crippen molar-refractivity contribution in [3.63, 3.8) is 0 Å². The number of rotatable bonds is 3. The molecule has 1 unspecified atom stereocenters. The number of hydrogen-bond acceptors (Lipinski definition) is 1. The third kappa shape index (κ3) is 3.44. The largest absolute Gasteiger partial charge is 0.481 e. The van der Waals surface area contributed by atoms with E-state index in [9.17, 15) is 22.4 Å². The number of carbonyl (C=O) groups is 1. The topological polar surface area (TPSA) is 37.3 Å². The van der Waals surface area contributed by atoms with E-state index in [2.05, 4.69) is 0 Å². The first-order valence-electron chi connectivity index (χ1n) is 4.76. The molecule has 0 saturated carbocycles. The van der Waals surface area contributed by atoms with Crippen molar-refractivity contribution < 1.29 is 27.5 Å². The first-order chi connectivity index (χ1) is 7.71. The molecule has 0 spiro atoms. The first kappa shape index (κ1) is 13.5. The molecule has 0 amide bonds. The fourth-order valence-corrected chi connectivity index (χ4v) is 1.48. The van der Waals surface area contributed by atoms with Gasteiger partial charge >= 0.3 is 12.1 Å². The van der Waals surface area contributed by atoms with E-state index in [-0.39, 0.29) is 11.1 Å². The molecule has 94 valence electrons. The van der Waals surface area contributed by atoms with Gasteiger partial charge in [-0.05, 0) is 24.1 Å². The van der Waals surface area contributed by atoms with E-state index in [1.807, 2.05) is 0 Å². The monoisotopic (exact) mass is 250 g/mol. The zero-order valence-electron chi connectivity index (χ0n) is 8.88. The summed E-state index contributed by atoms with van der Waals surface area (Å²) in [5.41, 5.74) is -0.180. The molecule has 1 aromatic carbocycles. The normalized spacial score (nSPS) is 13.5. The van der Waals surface area contributed by atoms with Crippen LogP contribution >= 0.6 is 0 Å². The minimum Gasteiger partial charge on any atom is -0.481 e. The van der Waals surface area contributed by atoms with E-state index in [1.165, 1.54) is 6.92 Å². The van der Waals surface area contributed by atoms with Crippen LogP contribution < -0.4 is 0 Å². The van der Waals surface area contributed by atoms with Crippen LogP contribution in [-0.2, 0) is 4.79 Å². The van der Waals surface area contributed by atoms with Gasteiger partial charge < -0.3 is 5.11 Å². The van der Waals surface area contributed by atoms with Crippen LogP contribution in [0.5, 0.6) is 0 Å². The Labute approximate surface area is 94.9 Å². The van der Waals surface area contributed by atoms with Crippen molar-refractivity contribution in [2.24, 2.45) is 0 Å². The standard InChI is InChI=1S/C11H10F4O2/c1-6-4-7(2-3-9(6)12)8(5-10(16)17)11(13,14)15/h2-4,8H,5H2,1H3,(H,16,17). The molecule has 0 aliphatic rings. The van der Waals surface area contributed by atoms with Crippen LogP contribution in [-0.4, -0.2) is 17.3 Å². The molecular weight excluding hydrogens is 240 g/mol. The van der Waals surface area contributed by atoms with Gasteiger partial charge in [-0.3, -0.25) is 4.79 Å². The summed E-state index contributed by atoms with van der Waals surface area (Å²) >= 11 is 0. The molecule has 0 saturated heterocycles. The molecule has 1 aromatic rings. The second-order valence-corrected chi connectivity index (χ2v) is 3.70. The highest BCUT2D eigenvalue weighted by Gasteiger charge is 2.42. The minimum atomic E-state index is -4.66. The van der Waals surface area contributed by atoms with Gasteiger partial charge in [-0.15, -0.1) is 0 Å². The number of benzene rings is 1. The third-order valence-electron chi connectivity index (χ3n) is 2.36. The fraction of sp³-hybridized carbons (Fsp3) is 0.364. The fourth-order valence-electron chi connectivity index (χ4n) is 1.48. The van der Waals surface area contributed by atoms with Crippen molar-refractivity contribution in [2.75, 3.05) is 0 Å². The van der Waals surface area contributed by atoms with Gasteiger partial charge in [-0.2, -0.15) is 13.2 Å². The van der Waals surface area contributed by atoms with Crippen LogP contribution in [0.4, 0.5) is 17.6 Å². The zero-order chi connectivity index (χ0) is 13.2. The van der Waals surface area contributed by atoms with Gasteiger partial charge in [0.05, 0.1) is 12.3 Å². The summed E-state index contributed by atoms with van der Waals surface area (Å²) in [5.74, 6) is -4.28. The Bertz CT molecular complexity index is 426. The molecule has 17 heavy (non-hydrogen) atoms.